The highest BCUT2D eigenvalue weighted by Gasteiger charge is 2.31. The summed E-state index contributed by atoms with van der Waals surface area (Å²) in [6, 6.07) is 6.85. The molecule has 0 saturated heterocycles. The van der Waals surface area contributed by atoms with Gasteiger partial charge in [-0.2, -0.15) is 13.2 Å². The summed E-state index contributed by atoms with van der Waals surface area (Å²) in [5.74, 6) is 0.0659. The molecule has 0 heterocycles. The molecule has 0 saturated carbocycles. The maximum Gasteiger partial charge on any atom is 0.416 e. The van der Waals surface area contributed by atoms with E-state index in [1.807, 2.05) is 0 Å². The minimum atomic E-state index is -4.62. The molecule has 24 heavy (non-hydrogen) atoms. The van der Waals surface area contributed by atoms with Crippen molar-refractivity contribution < 1.29 is 26.3 Å². The summed E-state index contributed by atoms with van der Waals surface area (Å²) < 4.78 is 70.5. The zero-order chi connectivity index (χ0) is 18.1. The second-order valence-corrected chi connectivity index (χ2v) is 7.01. The zero-order valence-electron chi connectivity index (χ0n) is 12.6. The molecule has 0 fully saturated rings. The molecule has 2 aromatic carbocycles. The number of anilines is 1. The lowest BCUT2D eigenvalue weighted by molar-refractivity contribution is -0.137. The molecule has 0 aromatic heterocycles. The summed E-state index contributed by atoms with van der Waals surface area (Å²) in [5.41, 5.74) is -0.734. The average Bonchev–Trinajstić information content (AvgIpc) is 2.48. The molecular formula is C15H13ClF3NO3S. The Hall–Kier alpha value is -1.93. The van der Waals surface area contributed by atoms with Gasteiger partial charge in [-0.05, 0) is 42.8 Å². The van der Waals surface area contributed by atoms with Crippen molar-refractivity contribution in [2.45, 2.75) is 18.0 Å². The van der Waals surface area contributed by atoms with Crippen LogP contribution in [0.1, 0.15) is 11.1 Å². The van der Waals surface area contributed by atoms with Crippen molar-refractivity contribution in [3.8, 4) is 5.75 Å². The van der Waals surface area contributed by atoms with Crippen LogP contribution in [0.15, 0.2) is 41.3 Å². The van der Waals surface area contributed by atoms with E-state index in [9.17, 15) is 21.6 Å². The minimum absolute atomic E-state index is 0.0659. The molecular weight excluding hydrogens is 367 g/mol. The van der Waals surface area contributed by atoms with E-state index in [1.165, 1.54) is 19.2 Å². The third-order valence-corrected chi connectivity index (χ3v) is 4.86. The summed E-state index contributed by atoms with van der Waals surface area (Å²) >= 11 is 5.82. The van der Waals surface area contributed by atoms with E-state index in [4.69, 9.17) is 16.3 Å². The maximum absolute atomic E-state index is 12.8. The number of benzene rings is 2. The van der Waals surface area contributed by atoms with Crippen molar-refractivity contribution in [3.63, 3.8) is 0 Å². The van der Waals surface area contributed by atoms with Gasteiger partial charge in [0.25, 0.3) is 10.0 Å². The van der Waals surface area contributed by atoms with Crippen LogP contribution in [0.2, 0.25) is 5.02 Å². The largest absolute Gasteiger partial charge is 0.495 e. The molecule has 0 aliphatic carbocycles. The fourth-order valence-corrected chi connectivity index (χ4v) is 3.52. The Labute approximate surface area is 142 Å². The lowest BCUT2D eigenvalue weighted by Crippen LogP contribution is -2.15. The number of hydrogen-bond donors (Lipinski definition) is 1. The van der Waals surface area contributed by atoms with E-state index in [1.54, 1.807) is 13.0 Å². The first-order chi connectivity index (χ1) is 11.0. The number of halogens is 4. The number of ether oxygens (including phenoxy) is 1. The minimum Gasteiger partial charge on any atom is -0.495 e. The van der Waals surface area contributed by atoms with Crippen LogP contribution in [0.4, 0.5) is 18.9 Å². The van der Waals surface area contributed by atoms with Crippen LogP contribution in [-0.2, 0) is 16.2 Å². The topological polar surface area (TPSA) is 55.4 Å². The highest BCUT2D eigenvalue weighted by atomic mass is 35.5. The van der Waals surface area contributed by atoms with E-state index in [0.29, 0.717) is 11.6 Å². The molecule has 0 aliphatic heterocycles. The SMILES string of the molecule is COc1ccc(C)cc1S(=O)(=O)Nc1cc(C(F)(F)F)ccc1Cl. The first kappa shape index (κ1) is 18.4. The number of rotatable bonds is 4. The molecule has 0 unspecified atom stereocenters. The highest BCUT2D eigenvalue weighted by Crippen LogP contribution is 2.35. The van der Waals surface area contributed by atoms with Gasteiger partial charge in [-0.25, -0.2) is 8.42 Å². The van der Waals surface area contributed by atoms with E-state index in [2.05, 4.69) is 4.72 Å². The Balaban J connectivity index is 2.49. The van der Waals surface area contributed by atoms with Crippen molar-refractivity contribution in [1.82, 2.24) is 0 Å². The summed E-state index contributed by atoms with van der Waals surface area (Å²) in [7, 11) is -2.90. The fourth-order valence-electron chi connectivity index (χ4n) is 1.97. The highest BCUT2D eigenvalue weighted by molar-refractivity contribution is 7.92. The maximum atomic E-state index is 12.8. The Morgan fingerprint density at radius 1 is 1.12 bits per heavy atom. The van der Waals surface area contributed by atoms with Gasteiger partial charge in [-0.15, -0.1) is 0 Å². The predicted octanol–water partition coefficient (Wildman–Crippen LogP) is 4.48. The Morgan fingerprint density at radius 3 is 2.38 bits per heavy atom. The Bertz CT molecular complexity index is 867. The van der Waals surface area contributed by atoms with Gasteiger partial charge < -0.3 is 4.74 Å². The third-order valence-electron chi connectivity index (χ3n) is 3.15. The number of alkyl halides is 3. The Morgan fingerprint density at radius 2 is 1.79 bits per heavy atom. The van der Waals surface area contributed by atoms with Gasteiger partial charge in [0.2, 0.25) is 0 Å². The normalized spacial score (nSPS) is 12.1. The van der Waals surface area contributed by atoms with Crippen molar-refractivity contribution in [2.75, 3.05) is 11.8 Å². The van der Waals surface area contributed by atoms with Gasteiger partial charge in [-0.1, -0.05) is 17.7 Å². The number of nitrogens with one attached hydrogen (secondary N) is 1. The Kier molecular flexibility index (Phi) is 5.00. The van der Waals surface area contributed by atoms with Crippen molar-refractivity contribution >= 4 is 27.3 Å². The van der Waals surface area contributed by atoms with Gasteiger partial charge in [0.15, 0.2) is 0 Å². The van der Waals surface area contributed by atoms with Gasteiger partial charge in [0.1, 0.15) is 10.6 Å². The lowest BCUT2D eigenvalue weighted by atomic mass is 10.2. The average molecular weight is 380 g/mol. The zero-order valence-corrected chi connectivity index (χ0v) is 14.2. The molecule has 9 heteroatoms. The molecule has 0 aliphatic rings. The molecule has 2 aromatic rings. The van der Waals surface area contributed by atoms with Crippen molar-refractivity contribution in [2.24, 2.45) is 0 Å². The van der Waals surface area contributed by atoms with Gasteiger partial charge in [0, 0.05) is 0 Å². The smallest absolute Gasteiger partial charge is 0.416 e. The number of aryl methyl sites for hydroxylation is 1. The van der Waals surface area contributed by atoms with Crippen LogP contribution in [-0.4, -0.2) is 15.5 Å². The summed E-state index contributed by atoms with van der Waals surface area (Å²) in [5, 5.41) is -0.154. The van der Waals surface area contributed by atoms with Gasteiger partial charge >= 0.3 is 6.18 Å². The van der Waals surface area contributed by atoms with Crippen molar-refractivity contribution in [3.05, 3.63) is 52.5 Å². The second kappa shape index (κ2) is 6.52. The van der Waals surface area contributed by atoms with Crippen LogP contribution in [0.3, 0.4) is 0 Å². The van der Waals surface area contributed by atoms with Gasteiger partial charge in [-0.3, -0.25) is 4.72 Å². The summed E-state index contributed by atoms with van der Waals surface area (Å²) in [6.07, 6.45) is -4.62. The molecule has 0 radical (unpaired) electrons. The molecule has 130 valence electrons. The lowest BCUT2D eigenvalue weighted by Gasteiger charge is -2.15. The van der Waals surface area contributed by atoms with Crippen LogP contribution < -0.4 is 9.46 Å². The van der Waals surface area contributed by atoms with Crippen LogP contribution in [0, 0.1) is 6.92 Å². The standard InChI is InChI=1S/C15H13ClF3NO3S/c1-9-3-6-13(23-2)14(7-9)24(21,22)20-12-8-10(15(17,18)19)4-5-11(12)16/h3-8,20H,1-2H3. The predicted molar refractivity (Wildman–Crippen MR) is 85.0 cm³/mol. The quantitative estimate of drug-likeness (QED) is 0.852. The summed E-state index contributed by atoms with van der Waals surface area (Å²) in [6.45, 7) is 1.68. The number of methoxy groups -OCH3 is 1. The molecule has 1 N–H and O–H groups in total. The van der Waals surface area contributed by atoms with Gasteiger partial charge in [0.05, 0.1) is 23.4 Å². The van der Waals surface area contributed by atoms with Crippen LogP contribution in [0.5, 0.6) is 5.75 Å². The van der Waals surface area contributed by atoms with Crippen LogP contribution in [0.25, 0.3) is 0 Å². The van der Waals surface area contributed by atoms with E-state index < -0.39 is 21.8 Å². The second-order valence-electron chi connectivity index (χ2n) is 4.95. The first-order valence-electron chi connectivity index (χ1n) is 6.59. The third kappa shape index (κ3) is 3.93. The van der Waals surface area contributed by atoms with Crippen LogP contribution >= 0.6 is 11.6 Å². The van der Waals surface area contributed by atoms with E-state index in [0.717, 1.165) is 12.1 Å². The molecule has 0 bridgehead atoms. The summed E-state index contributed by atoms with van der Waals surface area (Å²) in [4.78, 5) is -0.196. The van der Waals surface area contributed by atoms with E-state index >= 15 is 0 Å². The molecule has 2 rings (SSSR count). The van der Waals surface area contributed by atoms with E-state index in [-0.39, 0.29) is 21.4 Å². The first-order valence-corrected chi connectivity index (χ1v) is 8.45. The molecule has 0 atom stereocenters. The molecule has 0 amide bonds. The van der Waals surface area contributed by atoms with Crippen molar-refractivity contribution in [1.29, 1.82) is 0 Å². The molecule has 0 spiro atoms. The fraction of sp³-hybridized carbons (Fsp3) is 0.200. The molecule has 4 nitrogen and oxygen atoms in total. The number of hydrogen-bond acceptors (Lipinski definition) is 3. The monoisotopic (exact) mass is 379 g/mol. The number of sulfonamides is 1.